The smallest absolute Gasteiger partial charge is 0.253 e. The molecular formula is C27H35N5O4S. The lowest BCUT2D eigenvalue weighted by atomic mass is 9.94. The first-order chi connectivity index (χ1) is 17.7. The van der Waals surface area contributed by atoms with Crippen molar-refractivity contribution in [1.82, 2.24) is 14.9 Å². The number of aromatic nitrogens is 2. The summed E-state index contributed by atoms with van der Waals surface area (Å²) in [5.41, 5.74) is 6.84. The Hall–Kier alpha value is -3.50. The number of thiazole rings is 1. The molecule has 9 nitrogen and oxygen atoms in total. The van der Waals surface area contributed by atoms with Crippen molar-refractivity contribution in [3.63, 3.8) is 0 Å². The number of amides is 2. The van der Waals surface area contributed by atoms with Crippen LogP contribution >= 0.6 is 11.3 Å². The summed E-state index contributed by atoms with van der Waals surface area (Å²) in [6.07, 6.45) is 8.06. The first kappa shape index (κ1) is 28.1. The van der Waals surface area contributed by atoms with Crippen LogP contribution in [-0.2, 0) is 28.2 Å². The topological polar surface area (TPSA) is 124 Å². The van der Waals surface area contributed by atoms with Gasteiger partial charge >= 0.3 is 0 Å². The number of likely N-dealkylation sites (tertiary alicyclic amines) is 1. The number of piperidine rings is 1. The zero-order chi connectivity index (χ0) is 26.8. The van der Waals surface area contributed by atoms with Crippen molar-refractivity contribution in [2.24, 2.45) is 0 Å². The molecule has 1 fully saturated rings. The van der Waals surface area contributed by atoms with E-state index in [1.807, 2.05) is 4.90 Å². The monoisotopic (exact) mass is 525 g/mol. The fourth-order valence-electron chi connectivity index (χ4n) is 3.52. The van der Waals surface area contributed by atoms with E-state index in [0.717, 1.165) is 36.6 Å². The van der Waals surface area contributed by atoms with E-state index in [1.54, 1.807) is 36.7 Å². The van der Waals surface area contributed by atoms with Crippen molar-refractivity contribution in [3.8, 4) is 0 Å². The van der Waals surface area contributed by atoms with Crippen LogP contribution in [0, 0.1) is 0 Å². The maximum atomic E-state index is 12.2. The van der Waals surface area contributed by atoms with E-state index in [0.29, 0.717) is 35.5 Å². The number of nitrogens with one attached hydrogen (secondary N) is 1. The van der Waals surface area contributed by atoms with Gasteiger partial charge in [0.05, 0.1) is 17.7 Å². The number of carbonyl (C=O) groups excluding carboxylic acids is 2. The van der Waals surface area contributed by atoms with Gasteiger partial charge in [-0.3, -0.25) is 9.59 Å². The molecule has 0 unspecified atom stereocenters. The van der Waals surface area contributed by atoms with Crippen LogP contribution < -0.4 is 11.1 Å². The maximum Gasteiger partial charge on any atom is 0.253 e. The second-order valence-corrected chi connectivity index (χ2v) is 10.8. The van der Waals surface area contributed by atoms with Gasteiger partial charge in [0.25, 0.3) is 5.91 Å². The molecule has 37 heavy (non-hydrogen) atoms. The van der Waals surface area contributed by atoms with Gasteiger partial charge in [0, 0.05) is 36.0 Å². The highest BCUT2D eigenvalue weighted by Gasteiger charge is 2.19. The molecule has 0 aliphatic carbocycles. The van der Waals surface area contributed by atoms with Gasteiger partial charge in [-0.2, -0.15) is 0 Å². The van der Waals surface area contributed by atoms with Gasteiger partial charge in [0.2, 0.25) is 11.8 Å². The van der Waals surface area contributed by atoms with Crippen LogP contribution in [0.1, 0.15) is 66.9 Å². The minimum Gasteiger partial charge on any atom is -0.443 e. The Bertz CT molecular complexity index is 1170. The molecule has 3 N–H and O–H groups in total. The molecule has 4 rings (SSSR count). The molecule has 0 spiro atoms. The van der Waals surface area contributed by atoms with Crippen LogP contribution in [-0.4, -0.2) is 39.8 Å². The fourth-order valence-corrected chi connectivity index (χ4v) is 4.14. The number of hydrogen-bond acceptors (Lipinski definition) is 8. The molecule has 3 aromatic rings. The molecule has 2 amide bonds. The average Bonchev–Trinajstić information content (AvgIpc) is 3.54. The van der Waals surface area contributed by atoms with Gasteiger partial charge in [-0.25, -0.2) is 9.97 Å². The van der Waals surface area contributed by atoms with Gasteiger partial charge in [0.15, 0.2) is 5.13 Å². The van der Waals surface area contributed by atoms with Crippen molar-refractivity contribution in [2.45, 2.75) is 58.7 Å². The average molecular weight is 526 g/mol. The molecule has 0 atom stereocenters. The Morgan fingerprint density at radius 3 is 2.41 bits per heavy atom. The van der Waals surface area contributed by atoms with E-state index < -0.39 is 0 Å². The largest absolute Gasteiger partial charge is 0.443 e. The summed E-state index contributed by atoms with van der Waals surface area (Å²) in [6, 6.07) is 6.96. The van der Waals surface area contributed by atoms with Crippen molar-refractivity contribution < 1.29 is 18.7 Å². The standard InChI is InChI=1S/C15H18N2O2.C12H17N3O2S/c1-2-14(18)16-13-8-6-12(7-9-13)15(19)17-10-4-3-5-11-17;1-12(2,3)9-5-14-10(17-9)7-16-6-8-4-15-11(13)18-8/h2,6-9H,1,3-5,10-11H2,(H,16,18);4-5H,6-7H2,1-3H3,(H2,13,15). The Labute approximate surface area is 221 Å². The zero-order valence-electron chi connectivity index (χ0n) is 21.7. The van der Waals surface area contributed by atoms with E-state index in [9.17, 15) is 9.59 Å². The molecule has 0 saturated carbocycles. The lowest BCUT2D eigenvalue weighted by Crippen LogP contribution is -2.35. The van der Waals surface area contributed by atoms with E-state index in [1.165, 1.54) is 23.8 Å². The molecule has 3 heterocycles. The highest BCUT2D eigenvalue weighted by Crippen LogP contribution is 2.23. The Morgan fingerprint density at radius 2 is 1.84 bits per heavy atom. The molecule has 1 aliphatic rings. The highest BCUT2D eigenvalue weighted by atomic mass is 32.1. The molecule has 1 aliphatic heterocycles. The van der Waals surface area contributed by atoms with Crippen LogP contribution in [0.25, 0.3) is 0 Å². The predicted octanol–water partition coefficient (Wildman–Crippen LogP) is 5.16. The van der Waals surface area contributed by atoms with Gasteiger partial charge in [-0.05, 0) is 49.6 Å². The Balaban J connectivity index is 0.000000206. The van der Waals surface area contributed by atoms with E-state index in [4.69, 9.17) is 14.9 Å². The quantitative estimate of drug-likeness (QED) is 0.408. The summed E-state index contributed by atoms with van der Waals surface area (Å²) in [5, 5.41) is 3.21. The maximum absolute atomic E-state index is 12.2. The molecule has 10 heteroatoms. The summed E-state index contributed by atoms with van der Waals surface area (Å²) in [4.78, 5) is 34.4. The first-order valence-corrected chi connectivity index (χ1v) is 13.0. The first-order valence-electron chi connectivity index (χ1n) is 12.2. The number of hydrogen-bond donors (Lipinski definition) is 2. The van der Waals surface area contributed by atoms with Crippen molar-refractivity contribution in [2.75, 3.05) is 24.1 Å². The zero-order valence-corrected chi connectivity index (χ0v) is 22.5. The van der Waals surface area contributed by atoms with Crippen molar-refractivity contribution >= 4 is 34.0 Å². The summed E-state index contributed by atoms with van der Waals surface area (Å²) in [7, 11) is 0. The van der Waals surface area contributed by atoms with Crippen molar-refractivity contribution in [3.05, 3.63) is 71.4 Å². The number of nitrogens with two attached hydrogens (primary N) is 1. The normalized spacial score (nSPS) is 13.4. The molecule has 1 aromatic carbocycles. The second kappa shape index (κ2) is 13.2. The fraction of sp³-hybridized carbons (Fsp3) is 0.407. The van der Waals surface area contributed by atoms with Crippen molar-refractivity contribution in [1.29, 1.82) is 0 Å². The molecule has 1 saturated heterocycles. The third-order valence-electron chi connectivity index (χ3n) is 5.56. The van der Waals surface area contributed by atoms with Crippen LogP contribution in [0.2, 0.25) is 0 Å². The lowest BCUT2D eigenvalue weighted by Gasteiger charge is -2.26. The third kappa shape index (κ3) is 8.83. The lowest BCUT2D eigenvalue weighted by molar-refractivity contribution is -0.111. The number of nitrogen functional groups attached to an aromatic ring is 1. The van der Waals surface area contributed by atoms with Crippen LogP contribution in [0.4, 0.5) is 10.8 Å². The number of carbonyl (C=O) groups is 2. The van der Waals surface area contributed by atoms with E-state index >= 15 is 0 Å². The Morgan fingerprint density at radius 1 is 1.14 bits per heavy atom. The van der Waals surface area contributed by atoms with Crippen LogP contribution in [0.5, 0.6) is 0 Å². The van der Waals surface area contributed by atoms with Gasteiger partial charge in [0.1, 0.15) is 12.4 Å². The number of anilines is 2. The number of nitrogens with zero attached hydrogens (tertiary/aromatic N) is 3. The number of oxazole rings is 1. The number of benzene rings is 1. The minimum atomic E-state index is -0.255. The number of ether oxygens (including phenoxy) is 1. The Kier molecular flexibility index (Phi) is 9.99. The van der Waals surface area contributed by atoms with Gasteiger partial charge in [-0.1, -0.05) is 38.7 Å². The van der Waals surface area contributed by atoms with E-state index in [2.05, 4.69) is 42.6 Å². The molecule has 198 valence electrons. The van der Waals surface area contributed by atoms with E-state index in [-0.39, 0.29) is 17.2 Å². The molecule has 0 bridgehead atoms. The molecular weight excluding hydrogens is 490 g/mol. The number of rotatable bonds is 7. The van der Waals surface area contributed by atoms with Crippen LogP contribution in [0.15, 0.2) is 53.7 Å². The third-order valence-corrected chi connectivity index (χ3v) is 6.36. The second-order valence-electron chi connectivity index (χ2n) is 9.65. The summed E-state index contributed by atoms with van der Waals surface area (Å²) < 4.78 is 11.1. The van der Waals surface area contributed by atoms with Crippen LogP contribution in [0.3, 0.4) is 0 Å². The summed E-state index contributed by atoms with van der Waals surface area (Å²) in [5.74, 6) is 1.27. The summed E-state index contributed by atoms with van der Waals surface area (Å²) >= 11 is 1.42. The molecule has 0 radical (unpaired) electrons. The minimum absolute atomic E-state index is 0.0304. The highest BCUT2D eigenvalue weighted by molar-refractivity contribution is 7.15. The molecule has 2 aromatic heterocycles. The SMILES string of the molecule is C=CC(=O)Nc1ccc(C(=O)N2CCCCC2)cc1.CC(C)(C)c1cnc(COCc2cnc(N)s2)o1. The predicted molar refractivity (Wildman–Crippen MR) is 145 cm³/mol. The van der Waals surface area contributed by atoms with Gasteiger partial charge < -0.3 is 25.1 Å². The summed E-state index contributed by atoms with van der Waals surface area (Å²) in [6.45, 7) is 12.1. The van der Waals surface area contributed by atoms with Gasteiger partial charge in [-0.15, -0.1) is 0 Å².